The van der Waals surface area contributed by atoms with Gasteiger partial charge in [-0.25, -0.2) is 6.92 Å². The number of hydrogen-bond donors (Lipinski definition) is 0. The summed E-state index contributed by atoms with van der Waals surface area (Å²) in [5, 5.41) is 0. The van der Waals surface area contributed by atoms with E-state index in [-0.39, 0.29) is 64.0 Å². The Labute approximate surface area is 127 Å². The Hall–Kier alpha value is -0.476. The molecule has 1 atom stereocenters. The van der Waals surface area contributed by atoms with Crippen molar-refractivity contribution in [1.29, 1.82) is 0 Å². The van der Waals surface area contributed by atoms with Gasteiger partial charge in [0.2, 0.25) is 0 Å². The van der Waals surface area contributed by atoms with Gasteiger partial charge in [0.25, 0.3) is 0 Å². The molecule has 0 bridgehead atoms. The van der Waals surface area contributed by atoms with E-state index < -0.39 is 6.04 Å². The maximum atomic E-state index is 11.6. The van der Waals surface area contributed by atoms with Crippen molar-refractivity contribution in [2.75, 3.05) is 6.54 Å². The first kappa shape index (κ1) is 16.5. The van der Waals surface area contributed by atoms with Crippen molar-refractivity contribution in [3.05, 3.63) is 26.0 Å². The molecule has 0 spiro atoms. The average molecular weight is 310 g/mol. The Morgan fingerprint density at radius 1 is 1.29 bits per heavy atom. The van der Waals surface area contributed by atoms with Gasteiger partial charge >= 0.3 is 0 Å². The van der Waals surface area contributed by atoms with Crippen molar-refractivity contribution in [3.8, 4) is 0 Å². The Kier molecular flexibility index (Phi) is 6.27. The minimum atomic E-state index is -0.411. The first-order chi connectivity index (χ1) is 7.08. The number of amides is 1. The van der Waals surface area contributed by atoms with E-state index >= 15 is 0 Å². The van der Waals surface area contributed by atoms with E-state index in [4.69, 9.17) is 0 Å². The third kappa shape index (κ3) is 3.49. The molecular formula is C12H15NO3Y-2. The topological polar surface area (TPSA) is 54.5 Å². The molecule has 0 aromatic rings. The number of carbonyl (C=O) groups excluding carboxylic acids is 3. The normalized spacial score (nSPS) is 24.0. The summed E-state index contributed by atoms with van der Waals surface area (Å²) in [6, 6.07) is -0.411. The molecule has 0 aromatic heterocycles. The summed E-state index contributed by atoms with van der Waals surface area (Å²) < 4.78 is 0. The van der Waals surface area contributed by atoms with E-state index in [1.807, 2.05) is 0 Å². The van der Waals surface area contributed by atoms with Crippen LogP contribution in [0, 0.1) is 14.4 Å². The van der Waals surface area contributed by atoms with Gasteiger partial charge in [-0.3, -0.25) is 14.4 Å². The minimum absolute atomic E-state index is 0. The van der Waals surface area contributed by atoms with Crippen LogP contribution in [0.3, 0.4) is 0 Å². The summed E-state index contributed by atoms with van der Waals surface area (Å²) in [6.07, 6.45) is 2.28. The molecule has 1 fully saturated rings. The van der Waals surface area contributed by atoms with Gasteiger partial charge in [-0.15, -0.1) is 6.08 Å². The van der Waals surface area contributed by atoms with Crippen molar-refractivity contribution >= 4 is 17.5 Å². The molecular weight excluding hydrogens is 295 g/mol. The van der Waals surface area contributed by atoms with Crippen LogP contribution >= 0.6 is 0 Å². The predicted octanol–water partition coefficient (Wildman–Crippen LogP) is 0.728. The first-order valence-corrected chi connectivity index (χ1v) is 4.95. The quantitative estimate of drug-likeness (QED) is 0.530. The zero-order valence-electron chi connectivity index (χ0n) is 9.94. The zero-order chi connectivity index (χ0) is 11.0. The number of hydrogen-bond acceptors (Lipinski definition) is 3. The largest absolute Gasteiger partial charge is 0.358 e. The van der Waals surface area contributed by atoms with Gasteiger partial charge < -0.3 is 12.3 Å². The van der Waals surface area contributed by atoms with E-state index in [1.165, 1.54) is 11.0 Å². The predicted molar refractivity (Wildman–Crippen MR) is 59.2 cm³/mol. The second-order valence-corrected chi connectivity index (χ2v) is 4.00. The van der Waals surface area contributed by atoms with Crippen molar-refractivity contribution in [3.63, 3.8) is 0 Å². The summed E-state index contributed by atoms with van der Waals surface area (Å²) >= 11 is 0. The van der Waals surface area contributed by atoms with E-state index in [2.05, 4.69) is 6.92 Å². The van der Waals surface area contributed by atoms with Crippen molar-refractivity contribution in [2.24, 2.45) is 0 Å². The molecule has 1 amide bonds. The Balaban J connectivity index is 0.00000128. The third-order valence-electron chi connectivity index (χ3n) is 2.80. The van der Waals surface area contributed by atoms with Crippen molar-refractivity contribution < 1.29 is 47.1 Å². The van der Waals surface area contributed by atoms with Crippen LogP contribution in [0.2, 0.25) is 0 Å². The van der Waals surface area contributed by atoms with Crippen LogP contribution in [0.1, 0.15) is 19.3 Å². The minimum Gasteiger partial charge on any atom is -0.358 e. The number of carbonyl (C=O) groups is 3. The molecule has 0 saturated heterocycles. The second kappa shape index (κ2) is 6.45. The fraction of sp³-hybridized carbons (Fsp3) is 0.417. The van der Waals surface area contributed by atoms with Crippen LogP contribution in [0.5, 0.6) is 0 Å². The van der Waals surface area contributed by atoms with Crippen LogP contribution in [0.15, 0.2) is 11.6 Å². The number of Topliss-reactive ketones (excluding diaryl/α,β-unsaturated/α-hetero) is 2. The molecule has 1 radical (unpaired) electrons. The van der Waals surface area contributed by atoms with Crippen molar-refractivity contribution in [2.45, 2.75) is 25.3 Å². The van der Waals surface area contributed by atoms with Crippen LogP contribution < -0.4 is 0 Å². The summed E-state index contributed by atoms with van der Waals surface area (Å²) in [6.45, 7) is 4.11. The monoisotopic (exact) mass is 310 g/mol. The Morgan fingerprint density at radius 3 is 2.41 bits per heavy atom. The number of rotatable bonds is 1. The summed E-state index contributed by atoms with van der Waals surface area (Å²) in [7, 11) is 0. The molecule has 1 aliphatic carbocycles. The molecule has 91 valence electrons. The Bertz CT molecular complexity index is 376. The summed E-state index contributed by atoms with van der Waals surface area (Å²) in [5.74, 6) is -0.318. The molecule has 0 N–H and O–H groups in total. The molecule has 2 rings (SSSR count). The van der Waals surface area contributed by atoms with Gasteiger partial charge in [-0.05, 0) is 6.42 Å². The van der Waals surface area contributed by atoms with Gasteiger partial charge in [0.05, 0.1) is 12.5 Å². The van der Waals surface area contributed by atoms with E-state index in [0.717, 1.165) is 5.57 Å². The fourth-order valence-electron chi connectivity index (χ4n) is 2.05. The number of ketones is 2. The smallest absolute Gasteiger partial charge is 0.166 e. The van der Waals surface area contributed by atoms with Gasteiger partial charge in [-0.1, -0.05) is 0 Å². The van der Waals surface area contributed by atoms with Gasteiger partial charge in [0, 0.05) is 45.7 Å². The zero-order valence-corrected chi connectivity index (χ0v) is 12.8. The molecule has 17 heavy (non-hydrogen) atoms. The molecule has 2 aliphatic rings. The van der Waals surface area contributed by atoms with E-state index in [1.54, 1.807) is 0 Å². The standard InChI is InChI=1S/C11H12NO3.CH3.Y/c1-7-4-11(15)12(6-7)9-3-2-8(13)5-10(9)14;;/h4,9H,1-3,5-6H2;1H3;/q2*-1;. The molecule has 1 unspecified atom stereocenters. The van der Waals surface area contributed by atoms with Crippen LogP contribution in [-0.2, 0) is 47.1 Å². The van der Waals surface area contributed by atoms with Crippen molar-refractivity contribution in [1.82, 2.24) is 4.90 Å². The van der Waals surface area contributed by atoms with Gasteiger partial charge in [0.1, 0.15) is 5.78 Å². The van der Waals surface area contributed by atoms with E-state index in [9.17, 15) is 14.4 Å². The molecule has 1 heterocycles. The van der Waals surface area contributed by atoms with Crippen LogP contribution in [0.25, 0.3) is 0 Å². The summed E-state index contributed by atoms with van der Waals surface area (Å²) in [4.78, 5) is 35.6. The molecule has 4 nitrogen and oxygen atoms in total. The maximum absolute atomic E-state index is 11.6. The van der Waals surface area contributed by atoms with Gasteiger partial charge in [0.15, 0.2) is 11.7 Å². The van der Waals surface area contributed by atoms with E-state index in [0.29, 0.717) is 19.4 Å². The molecule has 1 saturated carbocycles. The number of nitrogens with zero attached hydrogens (tertiary/aromatic N) is 1. The second-order valence-electron chi connectivity index (χ2n) is 4.00. The van der Waals surface area contributed by atoms with Gasteiger partial charge in [-0.2, -0.15) is 5.57 Å². The molecule has 1 aliphatic heterocycles. The fourth-order valence-corrected chi connectivity index (χ4v) is 2.05. The first-order valence-electron chi connectivity index (χ1n) is 4.95. The SMILES string of the molecule is [CH2-]C1=CC(=O)N(C2CCC(=O)CC2=O)C1.[CH3-].[Y]. The Morgan fingerprint density at radius 2 is 1.94 bits per heavy atom. The summed E-state index contributed by atoms with van der Waals surface area (Å²) in [5.41, 5.74) is 0.727. The van der Waals surface area contributed by atoms with Crippen LogP contribution in [0.4, 0.5) is 0 Å². The van der Waals surface area contributed by atoms with Crippen LogP contribution in [-0.4, -0.2) is 35.0 Å². The maximum Gasteiger partial charge on any atom is 0.166 e. The average Bonchev–Trinajstić information content (AvgIpc) is 2.45. The third-order valence-corrected chi connectivity index (χ3v) is 2.80. The molecule has 0 aromatic carbocycles. The molecule has 5 heteroatoms.